The van der Waals surface area contributed by atoms with Gasteiger partial charge in [0, 0.05) is 6.42 Å². The number of unbranched alkanes of at least 4 members (excludes halogenated alkanes) is 3. The Balaban J connectivity index is 2.42. The standard InChI is InChI=1S/C17H25NO5/c1-22-14-10-7-11-15(23-2)16(14)13(19)9-6-4-3-5-8-12(18)17(20)21/h7,10-12H,3-6,8-9,18H2,1-2H3,(H,20,21). The fourth-order valence-corrected chi connectivity index (χ4v) is 2.38. The lowest BCUT2D eigenvalue weighted by atomic mass is 10.0. The Morgan fingerprint density at radius 1 is 1.09 bits per heavy atom. The van der Waals surface area contributed by atoms with E-state index in [1.165, 1.54) is 14.2 Å². The van der Waals surface area contributed by atoms with Gasteiger partial charge in [0.2, 0.25) is 0 Å². The highest BCUT2D eigenvalue weighted by Gasteiger charge is 2.17. The summed E-state index contributed by atoms with van der Waals surface area (Å²) in [6.45, 7) is 0. The summed E-state index contributed by atoms with van der Waals surface area (Å²) >= 11 is 0. The zero-order valence-corrected chi connectivity index (χ0v) is 13.7. The SMILES string of the molecule is COc1cccc(OC)c1C(=O)CCCCCCC(N)C(=O)O. The average Bonchev–Trinajstić information content (AvgIpc) is 2.56. The van der Waals surface area contributed by atoms with Gasteiger partial charge in [0.15, 0.2) is 5.78 Å². The third-order valence-electron chi connectivity index (χ3n) is 3.69. The molecule has 6 heteroatoms. The van der Waals surface area contributed by atoms with Gasteiger partial charge in [-0.25, -0.2) is 0 Å². The molecule has 0 heterocycles. The lowest BCUT2D eigenvalue weighted by Crippen LogP contribution is -2.29. The second-order valence-corrected chi connectivity index (χ2v) is 5.36. The molecule has 0 aliphatic heterocycles. The molecule has 0 radical (unpaired) electrons. The van der Waals surface area contributed by atoms with Crippen molar-refractivity contribution in [1.82, 2.24) is 0 Å². The van der Waals surface area contributed by atoms with Crippen LogP contribution in [-0.2, 0) is 4.79 Å². The molecular formula is C17H25NO5. The summed E-state index contributed by atoms with van der Waals surface area (Å²) in [5.74, 6) is 0.0496. The number of aliphatic carboxylic acids is 1. The highest BCUT2D eigenvalue weighted by atomic mass is 16.5. The van der Waals surface area contributed by atoms with Gasteiger partial charge in [0.05, 0.1) is 14.2 Å². The van der Waals surface area contributed by atoms with Crippen molar-refractivity contribution in [3.05, 3.63) is 23.8 Å². The van der Waals surface area contributed by atoms with Crippen LogP contribution in [0.5, 0.6) is 11.5 Å². The van der Waals surface area contributed by atoms with Crippen molar-refractivity contribution in [2.24, 2.45) is 5.73 Å². The van der Waals surface area contributed by atoms with E-state index in [1.807, 2.05) is 0 Å². The number of nitrogens with two attached hydrogens (primary N) is 1. The van der Waals surface area contributed by atoms with Crippen LogP contribution < -0.4 is 15.2 Å². The Morgan fingerprint density at radius 2 is 1.65 bits per heavy atom. The summed E-state index contributed by atoms with van der Waals surface area (Å²) in [7, 11) is 3.05. The summed E-state index contributed by atoms with van der Waals surface area (Å²) in [5, 5.41) is 8.69. The summed E-state index contributed by atoms with van der Waals surface area (Å²) in [5.41, 5.74) is 5.92. The van der Waals surface area contributed by atoms with Gasteiger partial charge >= 0.3 is 5.97 Å². The quantitative estimate of drug-likeness (QED) is 0.480. The smallest absolute Gasteiger partial charge is 0.320 e. The van der Waals surface area contributed by atoms with E-state index in [1.54, 1.807) is 18.2 Å². The molecule has 1 atom stereocenters. The highest BCUT2D eigenvalue weighted by molar-refractivity contribution is 6.01. The maximum absolute atomic E-state index is 12.4. The molecule has 1 unspecified atom stereocenters. The van der Waals surface area contributed by atoms with Crippen LogP contribution in [0.4, 0.5) is 0 Å². The number of carboxylic acids is 1. The van der Waals surface area contributed by atoms with E-state index in [0.29, 0.717) is 29.9 Å². The molecule has 6 nitrogen and oxygen atoms in total. The van der Waals surface area contributed by atoms with E-state index >= 15 is 0 Å². The first-order chi connectivity index (χ1) is 11.0. The molecule has 1 aromatic rings. The van der Waals surface area contributed by atoms with Crippen molar-refractivity contribution in [3.63, 3.8) is 0 Å². The third kappa shape index (κ3) is 5.90. The van der Waals surface area contributed by atoms with Crippen molar-refractivity contribution in [3.8, 4) is 11.5 Å². The predicted octanol–water partition coefficient (Wildman–Crippen LogP) is 2.64. The van der Waals surface area contributed by atoms with Crippen molar-refractivity contribution in [1.29, 1.82) is 0 Å². The minimum absolute atomic E-state index is 0.0125. The monoisotopic (exact) mass is 323 g/mol. The van der Waals surface area contributed by atoms with Gasteiger partial charge in [0.25, 0.3) is 0 Å². The number of ketones is 1. The summed E-state index contributed by atoms with van der Waals surface area (Å²) in [6, 6.07) is 4.46. The van der Waals surface area contributed by atoms with Crippen LogP contribution in [0.1, 0.15) is 48.9 Å². The first kappa shape index (κ1) is 19.0. The Hall–Kier alpha value is -2.08. The molecule has 0 saturated carbocycles. The molecular weight excluding hydrogens is 298 g/mol. The lowest BCUT2D eigenvalue weighted by molar-refractivity contribution is -0.138. The fourth-order valence-electron chi connectivity index (χ4n) is 2.38. The number of rotatable bonds is 11. The highest BCUT2D eigenvalue weighted by Crippen LogP contribution is 2.30. The Labute approximate surface area is 136 Å². The number of ether oxygens (including phenoxy) is 2. The zero-order valence-electron chi connectivity index (χ0n) is 13.7. The number of Topliss-reactive ketones (excluding diaryl/α,β-unsaturated/α-hetero) is 1. The van der Waals surface area contributed by atoms with Gasteiger partial charge in [-0.15, -0.1) is 0 Å². The first-order valence-corrected chi connectivity index (χ1v) is 7.73. The molecule has 3 N–H and O–H groups in total. The van der Waals surface area contributed by atoms with E-state index in [-0.39, 0.29) is 5.78 Å². The van der Waals surface area contributed by atoms with E-state index < -0.39 is 12.0 Å². The number of carboxylic acid groups (broad SMARTS) is 1. The van der Waals surface area contributed by atoms with Crippen LogP contribution in [0, 0.1) is 0 Å². The number of benzene rings is 1. The van der Waals surface area contributed by atoms with Crippen LogP contribution in [0.2, 0.25) is 0 Å². The zero-order chi connectivity index (χ0) is 17.2. The first-order valence-electron chi connectivity index (χ1n) is 7.73. The van der Waals surface area contributed by atoms with Crippen LogP contribution in [-0.4, -0.2) is 37.1 Å². The van der Waals surface area contributed by atoms with Crippen LogP contribution in [0.3, 0.4) is 0 Å². The average molecular weight is 323 g/mol. The van der Waals surface area contributed by atoms with E-state index in [4.69, 9.17) is 20.3 Å². The molecule has 0 fully saturated rings. The predicted molar refractivity (Wildman–Crippen MR) is 87.2 cm³/mol. The van der Waals surface area contributed by atoms with Gasteiger partial charge in [-0.1, -0.05) is 25.3 Å². The number of hydrogen-bond acceptors (Lipinski definition) is 5. The van der Waals surface area contributed by atoms with E-state index in [0.717, 1.165) is 25.7 Å². The van der Waals surface area contributed by atoms with Gasteiger partial charge < -0.3 is 20.3 Å². The second-order valence-electron chi connectivity index (χ2n) is 5.36. The largest absolute Gasteiger partial charge is 0.496 e. The normalized spacial score (nSPS) is 11.8. The van der Waals surface area contributed by atoms with E-state index in [2.05, 4.69) is 0 Å². The number of hydrogen-bond donors (Lipinski definition) is 2. The fraction of sp³-hybridized carbons (Fsp3) is 0.529. The molecule has 23 heavy (non-hydrogen) atoms. The lowest BCUT2D eigenvalue weighted by Gasteiger charge is -2.12. The maximum atomic E-state index is 12.4. The Bertz CT molecular complexity index is 507. The van der Waals surface area contributed by atoms with Crippen LogP contribution in [0.25, 0.3) is 0 Å². The second kappa shape index (κ2) is 9.84. The minimum Gasteiger partial charge on any atom is -0.496 e. The Kier molecular flexibility index (Phi) is 8.11. The molecule has 1 aromatic carbocycles. The maximum Gasteiger partial charge on any atom is 0.320 e. The molecule has 0 aromatic heterocycles. The summed E-state index contributed by atoms with van der Waals surface area (Å²) < 4.78 is 10.5. The van der Waals surface area contributed by atoms with Gasteiger partial charge in [-0.05, 0) is 25.0 Å². The molecule has 0 amide bonds. The van der Waals surface area contributed by atoms with Crippen LogP contribution >= 0.6 is 0 Å². The van der Waals surface area contributed by atoms with Crippen molar-refractivity contribution < 1.29 is 24.2 Å². The molecule has 0 saturated heterocycles. The third-order valence-corrected chi connectivity index (χ3v) is 3.69. The number of methoxy groups -OCH3 is 2. The van der Waals surface area contributed by atoms with Crippen molar-refractivity contribution in [2.75, 3.05) is 14.2 Å². The number of carbonyl (C=O) groups excluding carboxylic acids is 1. The van der Waals surface area contributed by atoms with Gasteiger partial charge in [-0.2, -0.15) is 0 Å². The molecule has 0 aliphatic rings. The van der Waals surface area contributed by atoms with E-state index in [9.17, 15) is 9.59 Å². The van der Waals surface area contributed by atoms with Gasteiger partial charge in [-0.3, -0.25) is 9.59 Å². The molecule has 128 valence electrons. The van der Waals surface area contributed by atoms with Crippen molar-refractivity contribution in [2.45, 2.75) is 44.6 Å². The molecule has 0 bridgehead atoms. The van der Waals surface area contributed by atoms with Crippen molar-refractivity contribution >= 4 is 11.8 Å². The molecule has 1 rings (SSSR count). The Morgan fingerprint density at radius 3 is 2.17 bits per heavy atom. The summed E-state index contributed by atoms with van der Waals surface area (Å²) in [4.78, 5) is 23.0. The van der Waals surface area contributed by atoms with Crippen LogP contribution in [0.15, 0.2) is 18.2 Å². The van der Waals surface area contributed by atoms with Gasteiger partial charge in [0.1, 0.15) is 23.1 Å². The molecule has 0 aliphatic carbocycles. The molecule has 0 spiro atoms. The summed E-state index contributed by atoms with van der Waals surface area (Å²) in [6.07, 6.45) is 4.07. The minimum atomic E-state index is -0.969. The topological polar surface area (TPSA) is 98.9 Å². The number of carbonyl (C=O) groups is 2.